The standard InChI is InChI=1S/C20H26N4O3/c25-17-12-23(20(27)19-15-8-4-5-9-16(15)21-22-19)13-18(26)24(17)11-10-14-6-2-1-3-7-14/h1-3,6-7,15-16,19,21-22H,4-5,8-13H2. The van der Waals surface area contributed by atoms with E-state index in [1.807, 2.05) is 30.3 Å². The zero-order valence-corrected chi connectivity index (χ0v) is 15.4. The van der Waals surface area contributed by atoms with Crippen molar-refractivity contribution in [1.82, 2.24) is 20.7 Å². The lowest BCUT2D eigenvalue weighted by molar-refractivity contribution is -0.157. The third kappa shape index (κ3) is 3.75. The molecule has 7 heteroatoms. The molecule has 2 aliphatic heterocycles. The number of benzene rings is 1. The summed E-state index contributed by atoms with van der Waals surface area (Å²) in [5, 5.41) is 0. The number of nitrogens with zero attached hydrogens (tertiary/aromatic N) is 2. The SMILES string of the molecule is O=C(C1NNC2CCCCC21)N1CC(=O)N(CCc2ccccc2)C(=O)C1. The number of carbonyl (C=O) groups is 3. The molecule has 1 aromatic rings. The number of rotatable bonds is 4. The number of nitrogens with one attached hydrogen (secondary N) is 2. The van der Waals surface area contributed by atoms with E-state index >= 15 is 0 Å². The maximum absolute atomic E-state index is 12.9. The molecule has 1 aliphatic carbocycles. The Kier molecular flexibility index (Phi) is 5.22. The number of carbonyl (C=O) groups excluding carboxylic acids is 3. The van der Waals surface area contributed by atoms with E-state index in [1.165, 1.54) is 16.2 Å². The van der Waals surface area contributed by atoms with Gasteiger partial charge in [-0.25, -0.2) is 5.43 Å². The van der Waals surface area contributed by atoms with Crippen LogP contribution in [0, 0.1) is 5.92 Å². The first-order valence-electron chi connectivity index (χ1n) is 9.80. The number of hydrazine groups is 1. The summed E-state index contributed by atoms with van der Waals surface area (Å²) < 4.78 is 0. The summed E-state index contributed by atoms with van der Waals surface area (Å²) in [5.41, 5.74) is 7.41. The molecular weight excluding hydrogens is 344 g/mol. The average molecular weight is 370 g/mol. The minimum atomic E-state index is -0.341. The number of piperazine rings is 1. The molecule has 3 amide bonds. The molecule has 2 heterocycles. The first-order valence-corrected chi connectivity index (χ1v) is 9.80. The number of imide groups is 1. The monoisotopic (exact) mass is 370 g/mol. The molecule has 0 bridgehead atoms. The van der Waals surface area contributed by atoms with Crippen LogP contribution in [0.3, 0.4) is 0 Å². The van der Waals surface area contributed by atoms with E-state index in [-0.39, 0.29) is 42.8 Å². The van der Waals surface area contributed by atoms with E-state index in [9.17, 15) is 14.4 Å². The highest BCUT2D eigenvalue weighted by molar-refractivity contribution is 6.03. The molecule has 1 aromatic carbocycles. The van der Waals surface area contributed by atoms with Gasteiger partial charge in [-0.15, -0.1) is 0 Å². The van der Waals surface area contributed by atoms with Crippen molar-refractivity contribution in [3.05, 3.63) is 35.9 Å². The van der Waals surface area contributed by atoms with Crippen LogP contribution in [-0.2, 0) is 20.8 Å². The highest BCUT2D eigenvalue weighted by atomic mass is 16.2. The van der Waals surface area contributed by atoms with Crippen molar-refractivity contribution in [1.29, 1.82) is 0 Å². The summed E-state index contributed by atoms with van der Waals surface area (Å²) in [5.74, 6) is -0.475. The van der Waals surface area contributed by atoms with Crippen molar-refractivity contribution < 1.29 is 14.4 Å². The topological polar surface area (TPSA) is 81.8 Å². The highest BCUT2D eigenvalue weighted by Gasteiger charge is 2.44. The summed E-state index contributed by atoms with van der Waals surface area (Å²) in [7, 11) is 0. The summed E-state index contributed by atoms with van der Waals surface area (Å²) in [4.78, 5) is 40.7. The van der Waals surface area contributed by atoms with Gasteiger partial charge in [-0.2, -0.15) is 0 Å². The fourth-order valence-electron chi connectivity index (χ4n) is 4.47. The third-order valence-electron chi connectivity index (χ3n) is 5.97. The van der Waals surface area contributed by atoms with Gasteiger partial charge in [0.05, 0.1) is 0 Å². The van der Waals surface area contributed by atoms with Crippen molar-refractivity contribution in [3.8, 4) is 0 Å². The second kappa shape index (κ2) is 7.78. The van der Waals surface area contributed by atoms with Crippen LogP contribution in [0.15, 0.2) is 30.3 Å². The molecule has 3 aliphatic rings. The molecule has 2 N–H and O–H groups in total. The largest absolute Gasteiger partial charge is 0.323 e. The summed E-state index contributed by atoms with van der Waals surface area (Å²) in [6.07, 6.45) is 4.99. The Hall–Kier alpha value is -2.25. The Morgan fingerprint density at radius 1 is 1.00 bits per heavy atom. The van der Waals surface area contributed by atoms with Crippen LogP contribution in [0.4, 0.5) is 0 Å². The van der Waals surface area contributed by atoms with Crippen LogP contribution in [0.25, 0.3) is 0 Å². The Morgan fingerprint density at radius 3 is 2.44 bits per heavy atom. The molecule has 7 nitrogen and oxygen atoms in total. The lowest BCUT2D eigenvalue weighted by Crippen LogP contribution is -2.59. The van der Waals surface area contributed by atoms with Gasteiger partial charge in [-0.3, -0.25) is 24.7 Å². The smallest absolute Gasteiger partial charge is 0.248 e. The molecule has 27 heavy (non-hydrogen) atoms. The van der Waals surface area contributed by atoms with Crippen molar-refractivity contribution >= 4 is 17.7 Å². The lowest BCUT2D eigenvalue weighted by Gasteiger charge is -2.35. The molecule has 0 spiro atoms. The molecule has 3 unspecified atom stereocenters. The predicted octanol–water partition coefficient (Wildman–Crippen LogP) is 0.462. The molecule has 4 rings (SSSR count). The lowest BCUT2D eigenvalue weighted by atomic mass is 9.81. The minimum Gasteiger partial charge on any atom is -0.323 e. The molecule has 144 valence electrons. The fourth-order valence-corrected chi connectivity index (χ4v) is 4.47. The first-order chi connectivity index (χ1) is 13.1. The normalized spacial score (nSPS) is 28.4. The zero-order chi connectivity index (χ0) is 18.8. The summed E-state index contributed by atoms with van der Waals surface area (Å²) in [6, 6.07) is 9.75. The molecule has 0 radical (unpaired) electrons. The Labute approximate surface area is 159 Å². The summed E-state index contributed by atoms with van der Waals surface area (Å²) in [6.45, 7) is 0.321. The predicted molar refractivity (Wildman–Crippen MR) is 99.3 cm³/mol. The van der Waals surface area contributed by atoms with Gasteiger partial charge in [-0.05, 0) is 24.8 Å². The zero-order valence-electron chi connectivity index (χ0n) is 15.4. The van der Waals surface area contributed by atoms with E-state index in [4.69, 9.17) is 0 Å². The molecule has 0 aromatic heterocycles. The van der Waals surface area contributed by atoms with E-state index in [0.29, 0.717) is 19.0 Å². The number of hydrogen-bond donors (Lipinski definition) is 2. The van der Waals surface area contributed by atoms with E-state index < -0.39 is 0 Å². The number of fused-ring (bicyclic) bond motifs is 1. The Bertz CT molecular complexity index is 705. The van der Waals surface area contributed by atoms with Crippen molar-refractivity contribution in [2.24, 2.45) is 5.92 Å². The second-order valence-corrected chi connectivity index (χ2v) is 7.69. The van der Waals surface area contributed by atoms with Gasteiger partial charge in [0.1, 0.15) is 19.1 Å². The first kappa shape index (κ1) is 18.1. The number of hydrogen-bond acceptors (Lipinski definition) is 5. The molecule has 3 atom stereocenters. The second-order valence-electron chi connectivity index (χ2n) is 7.69. The van der Waals surface area contributed by atoms with Crippen molar-refractivity contribution in [3.63, 3.8) is 0 Å². The van der Waals surface area contributed by atoms with Gasteiger partial charge in [0.2, 0.25) is 17.7 Å². The Morgan fingerprint density at radius 2 is 1.70 bits per heavy atom. The van der Waals surface area contributed by atoms with Gasteiger partial charge >= 0.3 is 0 Å². The number of amides is 3. The highest BCUT2D eigenvalue weighted by Crippen LogP contribution is 2.31. The quantitative estimate of drug-likeness (QED) is 0.753. The van der Waals surface area contributed by atoms with Gasteiger partial charge < -0.3 is 4.90 Å². The van der Waals surface area contributed by atoms with Gasteiger partial charge in [-0.1, -0.05) is 43.2 Å². The van der Waals surface area contributed by atoms with E-state index in [1.54, 1.807) is 0 Å². The van der Waals surface area contributed by atoms with E-state index in [0.717, 1.165) is 24.8 Å². The Balaban J connectivity index is 1.36. The van der Waals surface area contributed by atoms with E-state index in [2.05, 4.69) is 10.9 Å². The minimum absolute atomic E-state index is 0.0189. The maximum Gasteiger partial charge on any atom is 0.248 e. The fraction of sp³-hybridized carbons (Fsp3) is 0.550. The summed E-state index contributed by atoms with van der Waals surface area (Å²) >= 11 is 0. The molecule has 3 fully saturated rings. The van der Waals surface area contributed by atoms with Crippen LogP contribution >= 0.6 is 0 Å². The van der Waals surface area contributed by atoms with Crippen LogP contribution in [-0.4, -0.2) is 59.2 Å². The van der Waals surface area contributed by atoms with Crippen LogP contribution in [0.2, 0.25) is 0 Å². The average Bonchev–Trinajstić information content (AvgIpc) is 3.11. The van der Waals surface area contributed by atoms with Gasteiger partial charge in [0.15, 0.2) is 0 Å². The molecular formula is C20H26N4O3. The third-order valence-corrected chi connectivity index (χ3v) is 5.97. The molecule has 1 saturated carbocycles. The van der Waals surface area contributed by atoms with Crippen molar-refractivity contribution in [2.45, 2.75) is 44.2 Å². The maximum atomic E-state index is 12.9. The van der Waals surface area contributed by atoms with Crippen LogP contribution < -0.4 is 10.9 Å². The van der Waals surface area contributed by atoms with Gasteiger partial charge in [0, 0.05) is 18.5 Å². The van der Waals surface area contributed by atoms with Crippen LogP contribution in [0.1, 0.15) is 31.2 Å². The van der Waals surface area contributed by atoms with Crippen molar-refractivity contribution in [2.75, 3.05) is 19.6 Å². The molecule has 2 saturated heterocycles. The van der Waals surface area contributed by atoms with Crippen LogP contribution in [0.5, 0.6) is 0 Å². The van der Waals surface area contributed by atoms with Gasteiger partial charge in [0.25, 0.3) is 0 Å².